The monoisotopic (exact) mass is 297 g/mol. The van der Waals surface area contributed by atoms with Gasteiger partial charge in [0.15, 0.2) is 0 Å². The summed E-state index contributed by atoms with van der Waals surface area (Å²) in [7, 11) is 0. The van der Waals surface area contributed by atoms with Gasteiger partial charge >= 0.3 is 6.03 Å². The van der Waals surface area contributed by atoms with Crippen molar-refractivity contribution in [2.75, 3.05) is 5.32 Å². The molecule has 2 N–H and O–H groups in total. The molecule has 1 saturated carbocycles. The van der Waals surface area contributed by atoms with E-state index in [0.29, 0.717) is 6.04 Å². The molecule has 0 atom stereocenters. The average molecular weight is 297 g/mol. The minimum absolute atomic E-state index is 0.0967. The lowest BCUT2D eigenvalue weighted by Gasteiger charge is -2.16. The molecule has 1 aliphatic rings. The second kappa shape index (κ2) is 7.16. The number of carbonyl (C=O) groups excluding carboxylic acids is 1. The summed E-state index contributed by atoms with van der Waals surface area (Å²) in [6.45, 7) is 0. The summed E-state index contributed by atoms with van der Waals surface area (Å²) in [5.41, 5.74) is 1.90. The van der Waals surface area contributed by atoms with Crippen LogP contribution in [0.1, 0.15) is 38.5 Å². The number of hydrogen-bond donors (Lipinski definition) is 2. The standard InChI is InChI=1S/C18H23N3O/c22-18(19-15-7-3-1-2-4-8-15)20-16-9-11-17(12-10-16)21-13-5-6-14-21/h5-6,9-15H,1-4,7-8H2,(H2,19,20,22). The number of nitrogens with zero attached hydrogens (tertiary/aromatic N) is 1. The molecule has 3 rings (SSSR count). The SMILES string of the molecule is O=C(Nc1ccc(-n2cccc2)cc1)NC1CCCCCC1. The number of rotatable bonds is 3. The first-order valence-electron chi connectivity index (χ1n) is 8.12. The number of urea groups is 1. The molecular weight excluding hydrogens is 274 g/mol. The highest BCUT2D eigenvalue weighted by Gasteiger charge is 2.14. The van der Waals surface area contributed by atoms with Crippen LogP contribution >= 0.6 is 0 Å². The van der Waals surface area contributed by atoms with Crippen LogP contribution in [0.2, 0.25) is 0 Å². The highest BCUT2D eigenvalue weighted by molar-refractivity contribution is 5.89. The van der Waals surface area contributed by atoms with E-state index in [1.54, 1.807) is 0 Å². The molecule has 0 radical (unpaired) electrons. The van der Waals surface area contributed by atoms with Crippen molar-refractivity contribution in [1.29, 1.82) is 0 Å². The molecule has 0 aliphatic heterocycles. The van der Waals surface area contributed by atoms with Crippen LogP contribution in [0.15, 0.2) is 48.8 Å². The summed E-state index contributed by atoms with van der Waals surface area (Å²) in [6.07, 6.45) is 11.2. The van der Waals surface area contributed by atoms with Crippen LogP contribution in [0.5, 0.6) is 0 Å². The molecule has 0 bridgehead atoms. The van der Waals surface area contributed by atoms with Crippen molar-refractivity contribution in [3.8, 4) is 5.69 Å². The Balaban J connectivity index is 1.55. The van der Waals surface area contributed by atoms with Gasteiger partial charge in [-0.2, -0.15) is 0 Å². The van der Waals surface area contributed by atoms with Gasteiger partial charge in [-0.15, -0.1) is 0 Å². The number of hydrogen-bond acceptors (Lipinski definition) is 1. The van der Waals surface area contributed by atoms with E-state index in [1.807, 2.05) is 53.4 Å². The number of aromatic nitrogens is 1. The van der Waals surface area contributed by atoms with Gasteiger partial charge in [-0.1, -0.05) is 25.7 Å². The fraction of sp³-hybridized carbons (Fsp3) is 0.389. The van der Waals surface area contributed by atoms with Crippen LogP contribution in [-0.4, -0.2) is 16.6 Å². The van der Waals surface area contributed by atoms with Crippen LogP contribution in [0.25, 0.3) is 5.69 Å². The van der Waals surface area contributed by atoms with Crippen molar-refractivity contribution in [1.82, 2.24) is 9.88 Å². The molecule has 1 fully saturated rings. The van der Waals surface area contributed by atoms with Crippen molar-refractivity contribution in [2.24, 2.45) is 0 Å². The number of anilines is 1. The van der Waals surface area contributed by atoms with E-state index in [4.69, 9.17) is 0 Å². The first-order chi connectivity index (χ1) is 10.8. The van der Waals surface area contributed by atoms with Crippen LogP contribution < -0.4 is 10.6 Å². The Labute approximate surface area is 131 Å². The van der Waals surface area contributed by atoms with Crippen LogP contribution in [0.3, 0.4) is 0 Å². The summed E-state index contributed by atoms with van der Waals surface area (Å²) in [6, 6.07) is 12.1. The van der Waals surface area contributed by atoms with Crippen molar-refractivity contribution in [3.05, 3.63) is 48.8 Å². The predicted molar refractivity (Wildman–Crippen MR) is 89.4 cm³/mol. The number of carbonyl (C=O) groups is 1. The highest BCUT2D eigenvalue weighted by atomic mass is 16.2. The summed E-state index contributed by atoms with van der Waals surface area (Å²) in [5, 5.41) is 6.02. The lowest BCUT2D eigenvalue weighted by atomic mass is 10.1. The molecule has 1 aromatic carbocycles. The smallest absolute Gasteiger partial charge is 0.319 e. The number of nitrogens with one attached hydrogen (secondary N) is 2. The third-order valence-corrected chi connectivity index (χ3v) is 4.22. The Bertz CT molecular complexity index is 581. The number of amides is 2. The van der Waals surface area contributed by atoms with Gasteiger partial charge in [0.1, 0.15) is 0 Å². The first-order valence-corrected chi connectivity index (χ1v) is 8.12. The van der Waals surface area contributed by atoms with Gasteiger partial charge in [-0.3, -0.25) is 0 Å². The van der Waals surface area contributed by atoms with Crippen molar-refractivity contribution >= 4 is 11.7 Å². The van der Waals surface area contributed by atoms with Crippen LogP contribution in [0.4, 0.5) is 10.5 Å². The van der Waals surface area contributed by atoms with Crippen molar-refractivity contribution < 1.29 is 4.79 Å². The lowest BCUT2D eigenvalue weighted by molar-refractivity contribution is 0.247. The zero-order chi connectivity index (χ0) is 15.2. The largest absolute Gasteiger partial charge is 0.335 e. The second-order valence-electron chi connectivity index (χ2n) is 5.92. The van der Waals surface area contributed by atoms with Gasteiger partial charge in [0, 0.05) is 29.8 Å². The van der Waals surface area contributed by atoms with E-state index in [2.05, 4.69) is 10.6 Å². The molecule has 0 unspecified atom stereocenters. The van der Waals surface area contributed by atoms with E-state index < -0.39 is 0 Å². The van der Waals surface area contributed by atoms with E-state index >= 15 is 0 Å². The Morgan fingerprint density at radius 2 is 1.59 bits per heavy atom. The maximum absolute atomic E-state index is 12.1. The molecule has 4 nitrogen and oxygen atoms in total. The summed E-state index contributed by atoms with van der Waals surface area (Å²) in [4.78, 5) is 12.1. The van der Waals surface area contributed by atoms with Crippen molar-refractivity contribution in [3.63, 3.8) is 0 Å². The molecule has 1 aliphatic carbocycles. The van der Waals surface area contributed by atoms with Gasteiger partial charge in [-0.05, 0) is 49.2 Å². The quantitative estimate of drug-likeness (QED) is 0.814. The zero-order valence-corrected chi connectivity index (χ0v) is 12.8. The summed E-state index contributed by atoms with van der Waals surface area (Å²) < 4.78 is 2.04. The Hall–Kier alpha value is -2.23. The molecule has 2 amide bonds. The van der Waals surface area contributed by atoms with Gasteiger partial charge in [0.25, 0.3) is 0 Å². The van der Waals surface area contributed by atoms with Gasteiger partial charge in [-0.25, -0.2) is 4.79 Å². The lowest BCUT2D eigenvalue weighted by Crippen LogP contribution is -2.37. The fourth-order valence-electron chi connectivity index (χ4n) is 3.00. The van der Waals surface area contributed by atoms with Crippen LogP contribution in [0, 0.1) is 0 Å². The van der Waals surface area contributed by atoms with Gasteiger partial charge in [0.05, 0.1) is 0 Å². The summed E-state index contributed by atoms with van der Waals surface area (Å²) in [5.74, 6) is 0. The third-order valence-electron chi connectivity index (χ3n) is 4.22. The minimum atomic E-state index is -0.0967. The summed E-state index contributed by atoms with van der Waals surface area (Å²) >= 11 is 0. The maximum atomic E-state index is 12.1. The van der Waals surface area contributed by atoms with E-state index in [-0.39, 0.29) is 6.03 Å². The Kier molecular flexibility index (Phi) is 4.78. The fourth-order valence-corrected chi connectivity index (χ4v) is 3.00. The molecular formula is C18H23N3O. The maximum Gasteiger partial charge on any atom is 0.319 e. The van der Waals surface area contributed by atoms with Crippen LogP contribution in [-0.2, 0) is 0 Å². The molecule has 0 spiro atoms. The molecule has 0 saturated heterocycles. The third kappa shape index (κ3) is 3.91. The molecule has 22 heavy (non-hydrogen) atoms. The van der Waals surface area contributed by atoms with E-state index in [0.717, 1.165) is 24.2 Å². The molecule has 1 heterocycles. The number of benzene rings is 1. The van der Waals surface area contributed by atoms with E-state index in [9.17, 15) is 4.79 Å². The molecule has 116 valence electrons. The van der Waals surface area contributed by atoms with Gasteiger partial charge < -0.3 is 15.2 Å². The van der Waals surface area contributed by atoms with E-state index in [1.165, 1.54) is 25.7 Å². The second-order valence-corrected chi connectivity index (χ2v) is 5.92. The predicted octanol–water partition coefficient (Wildman–Crippen LogP) is 4.32. The normalized spacial score (nSPS) is 16.0. The average Bonchev–Trinajstić information content (AvgIpc) is 2.94. The minimum Gasteiger partial charge on any atom is -0.335 e. The van der Waals surface area contributed by atoms with Crippen molar-refractivity contribution in [2.45, 2.75) is 44.6 Å². The molecule has 1 aromatic heterocycles. The first kappa shape index (κ1) is 14.7. The Morgan fingerprint density at radius 1 is 0.955 bits per heavy atom. The zero-order valence-electron chi connectivity index (χ0n) is 12.8. The topological polar surface area (TPSA) is 46.1 Å². The molecule has 2 aromatic rings. The Morgan fingerprint density at radius 3 is 2.23 bits per heavy atom. The highest BCUT2D eigenvalue weighted by Crippen LogP contribution is 2.18. The molecule has 4 heteroatoms. The van der Waals surface area contributed by atoms with Gasteiger partial charge in [0.2, 0.25) is 0 Å².